The zero-order valence-electron chi connectivity index (χ0n) is 20.4. The Morgan fingerprint density at radius 3 is 2.36 bits per heavy atom. The van der Waals surface area contributed by atoms with Crippen LogP contribution in [0.25, 0.3) is 10.9 Å². The summed E-state index contributed by atoms with van der Waals surface area (Å²) < 4.78 is 0. The Morgan fingerprint density at radius 2 is 1.67 bits per heavy atom. The van der Waals surface area contributed by atoms with E-state index in [0.717, 1.165) is 16.5 Å². The quantitative estimate of drug-likeness (QED) is 0.154. The fourth-order valence-corrected chi connectivity index (χ4v) is 4.64. The Kier molecular flexibility index (Phi) is 7.23. The third kappa shape index (κ3) is 5.29. The van der Waals surface area contributed by atoms with Crippen LogP contribution in [0, 0.1) is 28.4 Å². The van der Waals surface area contributed by atoms with Crippen LogP contribution in [-0.4, -0.2) is 19.9 Å². The zero-order valence-corrected chi connectivity index (χ0v) is 21.9. The molecule has 0 saturated heterocycles. The number of nitrogens with one attached hydrogen (secondary N) is 2. The molecule has 3 aromatic carbocycles. The first kappa shape index (κ1) is 25.9. The van der Waals surface area contributed by atoms with Crippen LogP contribution in [0.2, 0.25) is 10.0 Å². The summed E-state index contributed by atoms with van der Waals surface area (Å²) in [5.41, 5.74) is 3.57. The van der Waals surface area contributed by atoms with E-state index in [2.05, 4.69) is 31.7 Å². The number of benzene rings is 3. The predicted octanol–water partition coefficient (Wildman–Crippen LogP) is 7.69. The molecule has 0 bridgehead atoms. The highest BCUT2D eigenvalue weighted by Gasteiger charge is 2.25. The summed E-state index contributed by atoms with van der Waals surface area (Å²) in [6.45, 7) is 1.81. The van der Waals surface area contributed by atoms with E-state index in [0.29, 0.717) is 32.5 Å². The molecule has 192 valence electrons. The molecule has 0 saturated carbocycles. The first-order chi connectivity index (χ1) is 18.9. The molecule has 11 heteroatoms. The molecule has 1 atom stereocenters. The normalized spacial score (nSPS) is 11.5. The van der Waals surface area contributed by atoms with E-state index >= 15 is 0 Å². The molecule has 2 N–H and O–H groups in total. The van der Waals surface area contributed by atoms with Crippen molar-refractivity contribution in [1.82, 2.24) is 15.0 Å². The maximum Gasteiger partial charge on any atom is 0.353 e. The minimum Gasteiger partial charge on any atom is -0.334 e. The topological polar surface area (TPSA) is 130 Å². The number of rotatable bonds is 7. The number of halogens is 2. The molecule has 0 fully saturated rings. The summed E-state index contributed by atoms with van der Waals surface area (Å²) in [5, 5.41) is 29.8. The number of hydrogen-bond donors (Lipinski definition) is 2. The Labute approximate surface area is 233 Å². The number of hydrogen-bond acceptors (Lipinski definition) is 8. The maximum absolute atomic E-state index is 12.2. The lowest BCUT2D eigenvalue weighted by molar-refractivity contribution is -0.383. The number of aromatic nitrogens is 3. The number of fused-ring (bicyclic) bond motifs is 1. The van der Waals surface area contributed by atoms with Crippen LogP contribution in [0.15, 0.2) is 79.3 Å². The molecule has 39 heavy (non-hydrogen) atoms. The fraction of sp³-hybridized carbons (Fsp3) is 0.0714. The molecule has 5 aromatic rings. The average molecular weight is 556 g/mol. The molecule has 0 aliphatic heterocycles. The van der Waals surface area contributed by atoms with Crippen molar-refractivity contribution in [2.24, 2.45) is 0 Å². The van der Waals surface area contributed by atoms with E-state index < -0.39 is 10.8 Å². The van der Waals surface area contributed by atoms with Gasteiger partial charge in [0.2, 0.25) is 11.6 Å². The zero-order chi connectivity index (χ0) is 27.5. The molecule has 1 unspecified atom stereocenters. The fourth-order valence-electron chi connectivity index (χ4n) is 4.24. The number of pyridine rings is 1. The van der Waals surface area contributed by atoms with Crippen molar-refractivity contribution in [3.05, 3.63) is 116 Å². The summed E-state index contributed by atoms with van der Waals surface area (Å²) in [6, 6.07) is 21.8. The summed E-state index contributed by atoms with van der Waals surface area (Å²) in [6.07, 6.45) is 2.91. The molecular weight excluding hydrogens is 537 g/mol. The molecule has 5 rings (SSSR count). The molecule has 0 radical (unpaired) electrons. The Hall–Kier alpha value is -4.78. The van der Waals surface area contributed by atoms with Gasteiger partial charge in [-0.3, -0.25) is 15.1 Å². The molecule has 0 amide bonds. The van der Waals surface area contributed by atoms with Gasteiger partial charge in [-0.2, -0.15) is 5.26 Å². The SMILES string of the molecule is Cc1cc(C(C#N)c2ccc(Cl)cc2)c(Cl)cc1Nc1ncnc(Nc2cccc3ncccc23)c1[N+](=O)[O-]. The van der Waals surface area contributed by atoms with Crippen molar-refractivity contribution >= 4 is 62.8 Å². The lowest BCUT2D eigenvalue weighted by Gasteiger charge is -2.17. The smallest absolute Gasteiger partial charge is 0.334 e. The highest BCUT2D eigenvalue weighted by atomic mass is 35.5. The van der Waals surface area contributed by atoms with Gasteiger partial charge < -0.3 is 10.6 Å². The first-order valence-electron chi connectivity index (χ1n) is 11.7. The summed E-state index contributed by atoms with van der Waals surface area (Å²) in [7, 11) is 0. The summed E-state index contributed by atoms with van der Waals surface area (Å²) in [5.74, 6) is -0.624. The van der Waals surface area contributed by atoms with E-state index in [1.807, 2.05) is 19.1 Å². The minimum atomic E-state index is -0.623. The highest BCUT2D eigenvalue weighted by molar-refractivity contribution is 6.32. The average Bonchev–Trinajstić information content (AvgIpc) is 2.93. The number of anilines is 4. The van der Waals surface area contributed by atoms with Crippen LogP contribution in [0.4, 0.5) is 28.7 Å². The van der Waals surface area contributed by atoms with Gasteiger partial charge in [-0.15, -0.1) is 0 Å². The van der Waals surface area contributed by atoms with Crippen molar-refractivity contribution in [2.75, 3.05) is 10.6 Å². The second-order valence-electron chi connectivity index (χ2n) is 8.60. The van der Waals surface area contributed by atoms with E-state index in [4.69, 9.17) is 23.2 Å². The van der Waals surface area contributed by atoms with Crippen LogP contribution in [0.1, 0.15) is 22.6 Å². The lowest BCUT2D eigenvalue weighted by Crippen LogP contribution is -2.07. The number of nitrogens with zero attached hydrogens (tertiary/aromatic N) is 5. The van der Waals surface area contributed by atoms with E-state index in [1.165, 1.54) is 6.33 Å². The first-order valence-corrected chi connectivity index (χ1v) is 12.4. The van der Waals surface area contributed by atoms with Gasteiger partial charge in [-0.25, -0.2) is 9.97 Å². The van der Waals surface area contributed by atoms with Crippen molar-refractivity contribution < 1.29 is 4.92 Å². The monoisotopic (exact) mass is 555 g/mol. The van der Waals surface area contributed by atoms with Gasteiger partial charge in [-0.1, -0.05) is 47.5 Å². The molecule has 0 aliphatic carbocycles. The molecular formula is C28H19Cl2N7O2. The minimum absolute atomic E-state index is 0.0153. The predicted molar refractivity (Wildman–Crippen MR) is 152 cm³/mol. The van der Waals surface area contributed by atoms with Crippen LogP contribution < -0.4 is 10.6 Å². The van der Waals surface area contributed by atoms with Crippen LogP contribution in [0.3, 0.4) is 0 Å². The van der Waals surface area contributed by atoms with Crippen LogP contribution >= 0.6 is 23.2 Å². The second-order valence-corrected chi connectivity index (χ2v) is 9.45. The van der Waals surface area contributed by atoms with Gasteiger partial charge in [0.15, 0.2) is 0 Å². The standard InChI is InChI=1S/C28H19Cl2N7O2/c1-16-12-20(21(14-31)17-7-9-18(29)10-8-17)22(30)13-25(16)36-28-26(37(38)39)27(33-15-34-28)35-24-6-2-5-23-19(24)4-3-11-32-23/h2-13,15,21H,1H3,(H2,33,34,35,36). The van der Waals surface area contributed by atoms with Gasteiger partial charge >= 0.3 is 5.69 Å². The molecule has 2 heterocycles. The summed E-state index contributed by atoms with van der Waals surface area (Å²) in [4.78, 5) is 24.2. The van der Waals surface area contributed by atoms with Crippen molar-refractivity contribution in [1.29, 1.82) is 5.26 Å². The van der Waals surface area contributed by atoms with Gasteiger partial charge in [0.25, 0.3) is 0 Å². The third-order valence-corrected chi connectivity index (χ3v) is 6.72. The van der Waals surface area contributed by atoms with E-state index in [1.54, 1.807) is 60.8 Å². The largest absolute Gasteiger partial charge is 0.353 e. The molecule has 2 aromatic heterocycles. The summed E-state index contributed by atoms with van der Waals surface area (Å²) >= 11 is 12.6. The van der Waals surface area contributed by atoms with Crippen LogP contribution in [-0.2, 0) is 0 Å². The van der Waals surface area contributed by atoms with Crippen molar-refractivity contribution in [2.45, 2.75) is 12.8 Å². The van der Waals surface area contributed by atoms with Gasteiger partial charge in [0.05, 0.1) is 22.4 Å². The number of nitriles is 1. The van der Waals surface area contributed by atoms with Gasteiger partial charge in [-0.05, 0) is 66.1 Å². The third-order valence-electron chi connectivity index (χ3n) is 6.14. The lowest BCUT2D eigenvalue weighted by atomic mass is 9.91. The van der Waals surface area contributed by atoms with E-state index in [9.17, 15) is 15.4 Å². The highest BCUT2D eigenvalue weighted by Crippen LogP contribution is 2.38. The molecule has 0 spiro atoms. The number of aryl methyl sites for hydroxylation is 1. The van der Waals surface area contributed by atoms with Crippen LogP contribution in [0.5, 0.6) is 0 Å². The Bertz CT molecular complexity index is 1750. The Balaban J connectivity index is 1.50. The maximum atomic E-state index is 12.2. The second kappa shape index (κ2) is 10.9. The van der Waals surface area contributed by atoms with Crippen molar-refractivity contribution in [3.8, 4) is 6.07 Å². The Morgan fingerprint density at radius 1 is 0.949 bits per heavy atom. The van der Waals surface area contributed by atoms with Gasteiger partial charge in [0, 0.05) is 33.0 Å². The number of nitro groups is 1. The van der Waals surface area contributed by atoms with E-state index in [-0.39, 0.29) is 17.3 Å². The van der Waals surface area contributed by atoms with Gasteiger partial charge in [0.1, 0.15) is 6.33 Å². The van der Waals surface area contributed by atoms with Crippen molar-refractivity contribution in [3.63, 3.8) is 0 Å². The molecule has 0 aliphatic rings. The molecule has 9 nitrogen and oxygen atoms in total.